The van der Waals surface area contributed by atoms with Crippen molar-refractivity contribution in [3.05, 3.63) is 41.3 Å². The van der Waals surface area contributed by atoms with Gasteiger partial charge in [-0.05, 0) is 44.9 Å². The molecular weight excluding hydrogens is 344 g/mol. The summed E-state index contributed by atoms with van der Waals surface area (Å²) in [6.45, 7) is 5.84. The van der Waals surface area contributed by atoms with E-state index in [1.165, 1.54) is 0 Å². The number of pyridine rings is 1. The number of aryl methyl sites for hydroxylation is 2. The van der Waals surface area contributed by atoms with Crippen LogP contribution in [0.15, 0.2) is 24.4 Å². The molecule has 2 aromatic heterocycles. The number of likely N-dealkylation sites (tertiary alicyclic amines) is 1. The highest BCUT2D eigenvalue weighted by Crippen LogP contribution is 2.19. The lowest BCUT2D eigenvalue weighted by molar-refractivity contribution is -0.126. The van der Waals surface area contributed by atoms with Crippen LogP contribution in [-0.4, -0.2) is 57.7 Å². The maximum Gasteiger partial charge on any atom is 0.255 e. The highest BCUT2D eigenvalue weighted by atomic mass is 16.2. The lowest BCUT2D eigenvalue weighted by Crippen LogP contribution is -2.46. The fraction of sp³-hybridized carbons (Fsp3) is 0.474. The van der Waals surface area contributed by atoms with Gasteiger partial charge >= 0.3 is 0 Å². The van der Waals surface area contributed by atoms with Crippen LogP contribution in [0.4, 0.5) is 0 Å². The second-order valence-electron chi connectivity index (χ2n) is 6.91. The van der Waals surface area contributed by atoms with Crippen LogP contribution in [0, 0.1) is 19.8 Å². The molecule has 1 fully saturated rings. The van der Waals surface area contributed by atoms with E-state index in [-0.39, 0.29) is 17.7 Å². The summed E-state index contributed by atoms with van der Waals surface area (Å²) in [5.74, 6) is 0.362. The predicted molar refractivity (Wildman–Crippen MR) is 102 cm³/mol. The van der Waals surface area contributed by atoms with E-state index >= 15 is 0 Å². The molecule has 1 aliphatic heterocycles. The Morgan fingerprint density at radius 2 is 2.15 bits per heavy atom. The summed E-state index contributed by atoms with van der Waals surface area (Å²) in [5, 5.41) is 7.21. The molecule has 2 aromatic rings. The fourth-order valence-corrected chi connectivity index (χ4v) is 3.40. The molecule has 27 heavy (non-hydrogen) atoms. The zero-order valence-corrected chi connectivity index (χ0v) is 15.8. The quantitative estimate of drug-likeness (QED) is 0.810. The van der Waals surface area contributed by atoms with Gasteiger partial charge in [0.2, 0.25) is 5.91 Å². The first-order valence-corrected chi connectivity index (χ1v) is 9.26. The van der Waals surface area contributed by atoms with E-state index < -0.39 is 0 Å². The third-order valence-electron chi connectivity index (χ3n) is 4.74. The van der Waals surface area contributed by atoms with Crippen molar-refractivity contribution in [2.24, 2.45) is 11.7 Å². The van der Waals surface area contributed by atoms with E-state index in [1.807, 2.05) is 19.9 Å². The Balaban J connectivity index is 1.68. The van der Waals surface area contributed by atoms with Gasteiger partial charge in [-0.2, -0.15) is 5.10 Å². The van der Waals surface area contributed by atoms with Crippen molar-refractivity contribution < 1.29 is 9.59 Å². The summed E-state index contributed by atoms with van der Waals surface area (Å²) in [6, 6.07) is 5.53. The second kappa shape index (κ2) is 8.30. The Morgan fingerprint density at radius 3 is 2.78 bits per heavy atom. The Bertz CT molecular complexity index is 814. The minimum atomic E-state index is -0.184. The summed E-state index contributed by atoms with van der Waals surface area (Å²) in [5.41, 5.74) is 7.85. The lowest BCUT2D eigenvalue weighted by Gasteiger charge is -2.32. The number of nitrogens with two attached hydrogens (primary N) is 1. The first-order chi connectivity index (χ1) is 13.0. The normalized spacial score (nSPS) is 17.0. The molecule has 0 aromatic carbocycles. The molecule has 3 N–H and O–H groups in total. The summed E-state index contributed by atoms with van der Waals surface area (Å²) in [7, 11) is 0. The summed E-state index contributed by atoms with van der Waals surface area (Å²) < 4.78 is 1.75. The SMILES string of the molecule is Cc1cc(C)n(-c2ccc(C(=O)N3CCCC(C(=O)NCCN)C3)cn2)n1. The average Bonchev–Trinajstić information content (AvgIpc) is 3.03. The molecule has 144 valence electrons. The van der Waals surface area contributed by atoms with Gasteiger partial charge in [-0.3, -0.25) is 9.59 Å². The van der Waals surface area contributed by atoms with Crippen LogP contribution in [-0.2, 0) is 4.79 Å². The molecule has 0 radical (unpaired) electrons. The van der Waals surface area contributed by atoms with Gasteiger partial charge in [0.1, 0.15) is 0 Å². The van der Waals surface area contributed by atoms with Crippen LogP contribution in [0.25, 0.3) is 5.82 Å². The molecule has 0 spiro atoms. The van der Waals surface area contributed by atoms with Crippen molar-refractivity contribution in [1.29, 1.82) is 0 Å². The highest BCUT2D eigenvalue weighted by Gasteiger charge is 2.28. The summed E-state index contributed by atoms with van der Waals surface area (Å²) >= 11 is 0. The van der Waals surface area contributed by atoms with Crippen LogP contribution in [0.2, 0.25) is 0 Å². The van der Waals surface area contributed by atoms with E-state index in [9.17, 15) is 9.59 Å². The Morgan fingerprint density at radius 1 is 1.33 bits per heavy atom. The zero-order chi connectivity index (χ0) is 19.4. The van der Waals surface area contributed by atoms with Gasteiger partial charge in [0.15, 0.2) is 5.82 Å². The van der Waals surface area contributed by atoms with E-state index in [2.05, 4.69) is 15.4 Å². The van der Waals surface area contributed by atoms with Crippen molar-refractivity contribution in [1.82, 2.24) is 25.0 Å². The number of carbonyl (C=O) groups excluding carboxylic acids is 2. The van der Waals surface area contributed by atoms with Crippen LogP contribution < -0.4 is 11.1 Å². The monoisotopic (exact) mass is 370 g/mol. The van der Waals surface area contributed by atoms with Gasteiger partial charge in [-0.1, -0.05) is 0 Å². The second-order valence-corrected chi connectivity index (χ2v) is 6.91. The highest BCUT2D eigenvalue weighted by molar-refractivity contribution is 5.94. The van der Waals surface area contributed by atoms with Crippen molar-refractivity contribution in [2.75, 3.05) is 26.2 Å². The number of piperidine rings is 1. The van der Waals surface area contributed by atoms with Gasteiger partial charge in [0.25, 0.3) is 5.91 Å². The van der Waals surface area contributed by atoms with Gasteiger partial charge in [0, 0.05) is 38.1 Å². The van der Waals surface area contributed by atoms with Crippen molar-refractivity contribution in [3.63, 3.8) is 0 Å². The third-order valence-corrected chi connectivity index (χ3v) is 4.74. The number of nitrogens with zero attached hydrogens (tertiary/aromatic N) is 4. The van der Waals surface area contributed by atoms with Gasteiger partial charge in [-0.25, -0.2) is 9.67 Å². The first-order valence-electron chi connectivity index (χ1n) is 9.26. The molecule has 1 saturated heterocycles. The largest absolute Gasteiger partial charge is 0.355 e. The molecule has 1 atom stereocenters. The Hall–Kier alpha value is -2.74. The molecule has 8 heteroatoms. The number of hydrogen-bond acceptors (Lipinski definition) is 5. The fourth-order valence-electron chi connectivity index (χ4n) is 3.40. The maximum absolute atomic E-state index is 12.8. The van der Waals surface area contributed by atoms with Crippen LogP contribution in [0.1, 0.15) is 34.6 Å². The van der Waals surface area contributed by atoms with Crippen molar-refractivity contribution in [3.8, 4) is 5.82 Å². The minimum Gasteiger partial charge on any atom is -0.355 e. The molecule has 0 bridgehead atoms. The number of carbonyl (C=O) groups is 2. The van der Waals surface area contributed by atoms with Crippen LogP contribution in [0.5, 0.6) is 0 Å². The Kier molecular flexibility index (Phi) is 5.85. The number of aromatic nitrogens is 3. The number of amides is 2. The molecule has 1 unspecified atom stereocenters. The molecule has 2 amide bonds. The van der Waals surface area contributed by atoms with E-state index in [4.69, 9.17) is 5.73 Å². The van der Waals surface area contributed by atoms with E-state index in [0.29, 0.717) is 37.6 Å². The number of hydrogen-bond donors (Lipinski definition) is 2. The molecule has 1 aliphatic rings. The molecule has 0 saturated carbocycles. The first kappa shape index (κ1) is 19.0. The van der Waals surface area contributed by atoms with Gasteiger partial charge in [0.05, 0.1) is 17.2 Å². The van der Waals surface area contributed by atoms with Crippen LogP contribution in [0.3, 0.4) is 0 Å². The van der Waals surface area contributed by atoms with Crippen molar-refractivity contribution >= 4 is 11.8 Å². The molecule has 0 aliphatic carbocycles. The third kappa shape index (κ3) is 4.33. The predicted octanol–water partition coefficient (Wildman–Crippen LogP) is 0.811. The average molecular weight is 370 g/mol. The van der Waals surface area contributed by atoms with E-state index in [0.717, 1.165) is 24.2 Å². The van der Waals surface area contributed by atoms with Crippen LogP contribution >= 0.6 is 0 Å². The van der Waals surface area contributed by atoms with Gasteiger partial charge < -0.3 is 16.0 Å². The van der Waals surface area contributed by atoms with Crippen molar-refractivity contribution in [2.45, 2.75) is 26.7 Å². The summed E-state index contributed by atoms with van der Waals surface area (Å²) in [6.07, 6.45) is 3.17. The number of rotatable bonds is 5. The Labute approximate surface area is 158 Å². The smallest absolute Gasteiger partial charge is 0.255 e. The molecule has 8 nitrogen and oxygen atoms in total. The molecule has 3 heterocycles. The standard InChI is InChI=1S/C19H26N6O2/c1-13-10-14(2)25(23-13)17-6-5-15(11-22-17)19(27)24-9-3-4-16(12-24)18(26)21-8-7-20/h5-6,10-11,16H,3-4,7-9,12,20H2,1-2H3,(H,21,26). The van der Waals surface area contributed by atoms with E-state index in [1.54, 1.807) is 27.9 Å². The molecule has 3 rings (SSSR count). The lowest BCUT2D eigenvalue weighted by atomic mass is 9.96. The molecular formula is C19H26N6O2. The number of nitrogens with one attached hydrogen (secondary N) is 1. The maximum atomic E-state index is 12.8. The topological polar surface area (TPSA) is 106 Å². The van der Waals surface area contributed by atoms with Gasteiger partial charge in [-0.15, -0.1) is 0 Å². The summed E-state index contributed by atoms with van der Waals surface area (Å²) in [4.78, 5) is 31.1. The zero-order valence-electron chi connectivity index (χ0n) is 15.8. The minimum absolute atomic E-state index is 0.0315.